The summed E-state index contributed by atoms with van der Waals surface area (Å²) in [6, 6.07) is 8.26. The van der Waals surface area contributed by atoms with Crippen molar-refractivity contribution in [1.29, 1.82) is 0 Å². The molecule has 0 aliphatic heterocycles. The van der Waals surface area contributed by atoms with Crippen LogP contribution in [0.3, 0.4) is 0 Å². The fourth-order valence-corrected chi connectivity index (χ4v) is 3.01. The van der Waals surface area contributed by atoms with E-state index in [1.165, 1.54) is 12.0 Å². The van der Waals surface area contributed by atoms with Gasteiger partial charge in [-0.05, 0) is 62.3 Å². The Hall–Kier alpha value is -1.02. The zero-order valence-electron chi connectivity index (χ0n) is 14.1. The van der Waals surface area contributed by atoms with Crippen LogP contribution in [-0.2, 0) is 0 Å². The fraction of sp³-hybridized carbons (Fsp3) is 0.667. The summed E-state index contributed by atoms with van der Waals surface area (Å²) in [7, 11) is 0. The third kappa shape index (κ3) is 6.42. The molecule has 2 heteroatoms. The highest BCUT2D eigenvalue weighted by Crippen LogP contribution is 2.27. The molecule has 0 fully saturated rings. The lowest BCUT2D eigenvalue weighted by Crippen LogP contribution is -2.43. The first-order valence-corrected chi connectivity index (χ1v) is 7.69. The predicted molar refractivity (Wildman–Crippen MR) is 90.0 cm³/mol. The second-order valence-corrected chi connectivity index (χ2v) is 7.90. The van der Waals surface area contributed by atoms with Gasteiger partial charge in [-0.2, -0.15) is 0 Å². The number of nitrogen functional groups attached to an aromatic ring is 1. The molecule has 0 radical (unpaired) electrons. The fourth-order valence-electron chi connectivity index (χ4n) is 3.01. The summed E-state index contributed by atoms with van der Waals surface area (Å²) in [4.78, 5) is 0. The van der Waals surface area contributed by atoms with Crippen molar-refractivity contribution < 1.29 is 0 Å². The van der Waals surface area contributed by atoms with E-state index < -0.39 is 0 Å². The smallest absolute Gasteiger partial charge is 0.0314 e. The summed E-state index contributed by atoms with van der Waals surface area (Å²) < 4.78 is 0. The molecule has 1 atom stereocenters. The molecule has 1 unspecified atom stereocenters. The normalized spacial score (nSPS) is 14.3. The van der Waals surface area contributed by atoms with E-state index in [1.807, 2.05) is 12.1 Å². The molecule has 1 aromatic rings. The molecule has 0 aliphatic carbocycles. The first kappa shape index (κ1) is 17.0. The van der Waals surface area contributed by atoms with Crippen LogP contribution in [0.2, 0.25) is 0 Å². The zero-order valence-corrected chi connectivity index (χ0v) is 14.1. The Morgan fingerprint density at radius 1 is 1.05 bits per heavy atom. The van der Waals surface area contributed by atoms with Crippen molar-refractivity contribution in [2.45, 2.75) is 65.8 Å². The van der Waals surface area contributed by atoms with Crippen molar-refractivity contribution >= 4 is 5.69 Å². The summed E-state index contributed by atoms with van der Waals surface area (Å²) >= 11 is 0. The van der Waals surface area contributed by atoms with Gasteiger partial charge >= 0.3 is 0 Å². The monoisotopic (exact) mass is 276 g/mol. The van der Waals surface area contributed by atoms with Gasteiger partial charge in [-0.25, -0.2) is 0 Å². The number of benzene rings is 1. The molecule has 0 saturated heterocycles. The Morgan fingerprint density at radius 3 is 2.10 bits per heavy atom. The van der Waals surface area contributed by atoms with Crippen molar-refractivity contribution in [3.8, 4) is 0 Å². The number of anilines is 1. The maximum Gasteiger partial charge on any atom is 0.0314 e. The van der Waals surface area contributed by atoms with Gasteiger partial charge in [0.1, 0.15) is 0 Å². The van der Waals surface area contributed by atoms with E-state index in [-0.39, 0.29) is 5.54 Å². The molecule has 0 spiro atoms. The summed E-state index contributed by atoms with van der Waals surface area (Å²) in [5.74, 6) is 0.563. The first-order chi connectivity index (χ1) is 9.09. The summed E-state index contributed by atoms with van der Waals surface area (Å²) in [5, 5.41) is 3.70. The van der Waals surface area contributed by atoms with E-state index >= 15 is 0 Å². The number of rotatable bonds is 6. The van der Waals surface area contributed by atoms with Crippen LogP contribution in [0.1, 0.15) is 65.9 Å². The Balaban J connectivity index is 2.42. The third-order valence-corrected chi connectivity index (χ3v) is 3.66. The predicted octanol–water partition coefficient (Wildman–Crippen LogP) is 4.57. The van der Waals surface area contributed by atoms with Gasteiger partial charge in [-0.1, -0.05) is 39.8 Å². The summed E-state index contributed by atoms with van der Waals surface area (Å²) in [6.45, 7) is 14.8. The van der Waals surface area contributed by atoms with Gasteiger partial charge in [0.15, 0.2) is 0 Å². The van der Waals surface area contributed by atoms with Gasteiger partial charge in [-0.15, -0.1) is 0 Å². The Labute approximate surface area is 125 Å². The van der Waals surface area contributed by atoms with Crippen LogP contribution in [0.15, 0.2) is 24.3 Å². The molecule has 0 saturated carbocycles. The van der Waals surface area contributed by atoms with Crippen molar-refractivity contribution in [3.63, 3.8) is 0 Å². The van der Waals surface area contributed by atoms with E-state index in [0.29, 0.717) is 11.3 Å². The maximum absolute atomic E-state index is 5.73. The molecule has 1 rings (SSSR count). The molecule has 0 heterocycles. The largest absolute Gasteiger partial charge is 0.399 e. The van der Waals surface area contributed by atoms with Crippen LogP contribution in [-0.4, -0.2) is 12.1 Å². The topological polar surface area (TPSA) is 38.0 Å². The molecule has 1 aromatic carbocycles. The van der Waals surface area contributed by atoms with Gasteiger partial charge in [0, 0.05) is 11.2 Å². The zero-order chi connectivity index (χ0) is 15.4. The van der Waals surface area contributed by atoms with Gasteiger partial charge in [-0.3, -0.25) is 0 Å². The van der Waals surface area contributed by atoms with Crippen LogP contribution in [0, 0.1) is 5.41 Å². The minimum Gasteiger partial charge on any atom is -0.399 e. The van der Waals surface area contributed by atoms with E-state index in [1.54, 1.807) is 0 Å². The Bertz CT molecular complexity index is 398. The van der Waals surface area contributed by atoms with Crippen molar-refractivity contribution in [3.05, 3.63) is 29.8 Å². The Morgan fingerprint density at radius 2 is 1.60 bits per heavy atom. The van der Waals surface area contributed by atoms with Crippen LogP contribution in [0.4, 0.5) is 5.69 Å². The summed E-state index contributed by atoms with van der Waals surface area (Å²) in [5.41, 5.74) is 8.49. The lowest BCUT2D eigenvalue weighted by molar-refractivity contribution is 0.241. The Kier molecular flexibility index (Phi) is 5.64. The molecular weight excluding hydrogens is 244 g/mol. The van der Waals surface area contributed by atoms with Gasteiger partial charge < -0.3 is 11.1 Å². The lowest BCUT2D eigenvalue weighted by atomic mass is 9.81. The number of nitrogens with one attached hydrogen (secondary N) is 1. The van der Waals surface area contributed by atoms with Crippen molar-refractivity contribution in [1.82, 2.24) is 5.32 Å². The van der Waals surface area contributed by atoms with Crippen molar-refractivity contribution in [2.75, 3.05) is 12.3 Å². The molecule has 3 N–H and O–H groups in total. The minimum atomic E-state index is 0.194. The van der Waals surface area contributed by atoms with E-state index in [0.717, 1.165) is 18.7 Å². The quantitative estimate of drug-likeness (QED) is 0.747. The maximum atomic E-state index is 5.73. The highest BCUT2D eigenvalue weighted by molar-refractivity contribution is 5.40. The molecular formula is C18H32N2. The molecule has 20 heavy (non-hydrogen) atoms. The average Bonchev–Trinajstić information content (AvgIpc) is 2.26. The molecule has 2 nitrogen and oxygen atoms in total. The number of nitrogens with two attached hydrogens (primary N) is 1. The highest BCUT2D eigenvalue weighted by atomic mass is 14.9. The van der Waals surface area contributed by atoms with E-state index in [9.17, 15) is 0 Å². The molecule has 0 aromatic heterocycles. The SMILES string of the molecule is CC(CCNC(C)(C)CC(C)(C)C)c1ccc(N)cc1. The molecule has 114 valence electrons. The average molecular weight is 276 g/mol. The van der Waals surface area contributed by atoms with Crippen LogP contribution >= 0.6 is 0 Å². The first-order valence-electron chi connectivity index (χ1n) is 7.69. The van der Waals surface area contributed by atoms with Crippen LogP contribution in [0.25, 0.3) is 0 Å². The standard InChI is InChI=1S/C18H32N2/c1-14(15-7-9-16(19)10-8-15)11-12-20-18(5,6)13-17(2,3)4/h7-10,14,20H,11-13,19H2,1-6H3. The second-order valence-electron chi connectivity index (χ2n) is 7.90. The summed E-state index contributed by atoms with van der Waals surface area (Å²) in [6.07, 6.45) is 2.33. The highest BCUT2D eigenvalue weighted by Gasteiger charge is 2.24. The number of hydrogen-bond acceptors (Lipinski definition) is 2. The molecule has 0 amide bonds. The van der Waals surface area contributed by atoms with Gasteiger partial charge in [0.2, 0.25) is 0 Å². The lowest BCUT2D eigenvalue weighted by Gasteiger charge is -2.34. The van der Waals surface area contributed by atoms with Gasteiger partial charge in [0.05, 0.1) is 0 Å². The van der Waals surface area contributed by atoms with Crippen molar-refractivity contribution in [2.24, 2.45) is 5.41 Å². The third-order valence-electron chi connectivity index (χ3n) is 3.66. The number of hydrogen-bond donors (Lipinski definition) is 2. The van der Waals surface area contributed by atoms with E-state index in [4.69, 9.17) is 5.73 Å². The minimum absolute atomic E-state index is 0.194. The van der Waals surface area contributed by atoms with Crippen LogP contribution in [0.5, 0.6) is 0 Å². The van der Waals surface area contributed by atoms with Crippen LogP contribution < -0.4 is 11.1 Å². The molecule has 0 bridgehead atoms. The van der Waals surface area contributed by atoms with E-state index in [2.05, 4.69) is 59.0 Å². The second kappa shape index (κ2) is 6.62. The van der Waals surface area contributed by atoms with Gasteiger partial charge in [0.25, 0.3) is 0 Å². The molecule has 0 aliphatic rings.